The van der Waals surface area contributed by atoms with Crippen LogP contribution in [0.25, 0.3) is 0 Å². The predicted octanol–water partition coefficient (Wildman–Crippen LogP) is 2.72. The van der Waals surface area contributed by atoms with Crippen LogP contribution in [-0.4, -0.2) is 50.2 Å². The molecule has 5 heteroatoms. The second kappa shape index (κ2) is 8.28. The number of carbonyl (C=O) groups excluding carboxylic acids is 1. The molecule has 4 nitrogen and oxygen atoms in total. The Kier molecular flexibility index (Phi) is 6.07. The molecule has 2 heterocycles. The highest BCUT2D eigenvalue weighted by Gasteiger charge is 2.41. The van der Waals surface area contributed by atoms with Crippen LogP contribution in [0.5, 0.6) is 0 Å². The standard InChI is InChI=1S/C20H29FN2O2/c1-16-3-2-11-23(15-16)12-10-22-19(24)20(8-13-25-14-9-20)17-4-6-18(21)7-5-17/h4-7,16H,2-3,8-15H2,1H3,(H,22,24)/t16-/m1/s1. The molecule has 1 aromatic carbocycles. The maximum atomic E-state index is 13.3. The van der Waals surface area contributed by atoms with E-state index in [2.05, 4.69) is 17.1 Å². The van der Waals surface area contributed by atoms with Crippen molar-refractivity contribution >= 4 is 5.91 Å². The summed E-state index contributed by atoms with van der Waals surface area (Å²) in [5.41, 5.74) is 0.294. The van der Waals surface area contributed by atoms with E-state index in [0.717, 1.165) is 31.1 Å². The number of hydrogen-bond acceptors (Lipinski definition) is 3. The van der Waals surface area contributed by atoms with Crippen LogP contribution in [0.2, 0.25) is 0 Å². The van der Waals surface area contributed by atoms with Gasteiger partial charge in [-0.25, -0.2) is 4.39 Å². The first-order chi connectivity index (χ1) is 12.1. The van der Waals surface area contributed by atoms with Gasteiger partial charge in [-0.2, -0.15) is 0 Å². The van der Waals surface area contributed by atoms with E-state index in [-0.39, 0.29) is 11.7 Å². The lowest BCUT2D eigenvalue weighted by Gasteiger charge is -2.37. The molecule has 1 atom stereocenters. The first-order valence-electron chi connectivity index (χ1n) is 9.45. The highest BCUT2D eigenvalue weighted by Crippen LogP contribution is 2.35. The molecule has 0 spiro atoms. The fraction of sp³-hybridized carbons (Fsp3) is 0.650. The van der Waals surface area contributed by atoms with Gasteiger partial charge in [0.1, 0.15) is 5.82 Å². The summed E-state index contributed by atoms with van der Waals surface area (Å²) in [7, 11) is 0. The molecule has 3 rings (SSSR count). The van der Waals surface area contributed by atoms with Crippen LogP contribution in [0, 0.1) is 11.7 Å². The number of hydrogen-bond donors (Lipinski definition) is 1. The molecular formula is C20H29FN2O2. The van der Waals surface area contributed by atoms with Crippen molar-refractivity contribution < 1.29 is 13.9 Å². The molecule has 2 fully saturated rings. The summed E-state index contributed by atoms with van der Waals surface area (Å²) in [5, 5.41) is 3.14. The Morgan fingerprint density at radius 1 is 1.32 bits per heavy atom. The predicted molar refractivity (Wildman–Crippen MR) is 96.0 cm³/mol. The maximum Gasteiger partial charge on any atom is 0.230 e. The second-order valence-electron chi connectivity index (χ2n) is 7.51. The van der Waals surface area contributed by atoms with Gasteiger partial charge in [0.25, 0.3) is 0 Å². The summed E-state index contributed by atoms with van der Waals surface area (Å²) in [4.78, 5) is 15.5. The van der Waals surface area contributed by atoms with Crippen molar-refractivity contribution in [1.82, 2.24) is 10.2 Å². The quantitative estimate of drug-likeness (QED) is 0.890. The maximum absolute atomic E-state index is 13.3. The smallest absolute Gasteiger partial charge is 0.230 e. The molecular weight excluding hydrogens is 319 g/mol. The number of halogens is 1. The molecule has 2 saturated heterocycles. The highest BCUT2D eigenvalue weighted by molar-refractivity contribution is 5.88. The summed E-state index contributed by atoms with van der Waals surface area (Å²) in [5.74, 6) is 0.517. The average Bonchev–Trinajstić information content (AvgIpc) is 2.63. The number of piperidine rings is 1. The molecule has 2 aliphatic rings. The Labute approximate surface area is 149 Å². The Bertz CT molecular complexity index is 570. The Morgan fingerprint density at radius 2 is 2.04 bits per heavy atom. The number of nitrogens with one attached hydrogen (secondary N) is 1. The summed E-state index contributed by atoms with van der Waals surface area (Å²) in [6.07, 6.45) is 3.83. The van der Waals surface area contributed by atoms with Crippen molar-refractivity contribution in [2.75, 3.05) is 39.4 Å². The summed E-state index contributed by atoms with van der Waals surface area (Å²) in [6.45, 7) is 7.21. The van der Waals surface area contributed by atoms with Crippen LogP contribution < -0.4 is 5.32 Å². The van der Waals surface area contributed by atoms with Crippen molar-refractivity contribution in [3.05, 3.63) is 35.6 Å². The second-order valence-corrected chi connectivity index (χ2v) is 7.51. The monoisotopic (exact) mass is 348 g/mol. The van der Waals surface area contributed by atoms with Crippen molar-refractivity contribution in [3.8, 4) is 0 Å². The minimum absolute atomic E-state index is 0.0486. The van der Waals surface area contributed by atoms with E-state index in [1.165, 1.54) is 25.0 Å². The van der Waals surface area contributed by atoms with Crippen LogP contribution in [0.3, 0.4) is 0 Å². The molecule has 0 aromatic heterocycles. The van der Waals surface area contributed by atoms with E-state index in [4.69, 9.17) is 4.74 Å². The Morgan fingerprint density at radius 3 is 2.72 bits per heavy atom. The topological polar surface area (TPSA) is 41.6 Å². The summed E-state index contributed by atoms with van der Waals surface area (Å²) < 4.78 is 18.8. The first kappa shape index (κ1) is 18.3. The van der Waals surface area contributed by atoms with Gasteiger partial charge in [-0.15, -0.1) is 0 Å². The van der Waals surface area contributed by atoms with Gasteiger partial charge >= 0.3 is 0 Å². The van der Waals surface area contributed by atoms with Gasteiger partial charge in [-0.05, 0) is 55.8 Å². The van der Waals surface area contributed by atoms with E-state index in [1.54, 1.807) is 12.1 Å². The fourth-order valence-electron chi connectivity index (χ4n) is 4.12. The molecule has 0 saturated carbocycles. The van der Waals surface area contributed by atoms with E-state index in [0.29, 0.717) is 32.6 Å². The normalized spacial score (nSPS) is 24.0. The molecule has 1 amide bonds. The number of amides is 1. The van der Waals surface area contributed by atoms with Gasteiger partial charge in [-0.1, -0.05) is 19.1 Å². The van der Waals surface area contributed by atoms with E-state index < -0.39 is 5.41 Å². The molecule has 25 heavy (non-hydrogen) atoms. The molecule has 2 aliphatic heterocycles. The third kappa shape index (κ3) is 4.39. The van der Waals surface area contributed by atoms with Gasteiger partial charge in [-0.3, -0.25) is 4.79 Å². The molecule has 0 radical (unpaired) electrons. The van der Waals surface area contributed by atoms with Crippen molar-refractivity contribution in [3.63, 3.8) is 0 Å². The number of nitrogens with zero attached hydrogens (tertiary/aromatic N) is 1. The minimum Gasteiger partial charge on any atom is -0.381 e. The van der Waals surface area contributed by atoms with E-state index >= 15 is 0 Å². The van der Waals surface area contributed by atoms with Crippen LogP contribution >= 0.6 is 0 Å². The molecule has 0 bridgehead atoms. The fourth-order valence-corrected chi connectivity index (χ4v) is 4.12. The van der Waals surface area contributed by atoms with Crippen molar-refractivity contribution in [2.45, 2.75) is 38.0 Å². The third-order valence-corrected chi connectivity index (χ3v) is 5.63. The number of rotatable bonds is 5. The lowest BCUT2D eigenvalue weighted by atomic mass is 9.73. The minimum atomic E-state index is -0.596. The molecule has 0 unspecified atom stereocenters. The summed E-state index contributed by atoms with van der Waals surface area (Å²) in [6, 6.07) is 6.36. The zero-order chi connectivity index (χ0) is 17.7. The van der Waals surface area contributed by atoms with Crippen LogP contribution in [-0.2, 0) is 14.9 Å². The largest absolute Gasteiger partial charge is 0.381 e. The lowest BCUT2D eigenvalue weighted by Crippen LogP contribution is -2.50. The molecule has 0 aliphatic carbocycles. The average molecular weight is 348 g/mol. The molecule has 1 aromatic rings. The number of carbonyl (C=O) groups is 1. The van der Waals surface area contributed by atoms with Crippen LogP contribution in [0.4, 0.5) is 4.39 Å². The van der Waals surface area contributed by atoms with Crippen LogP contribution in [0.1, 0.15) is 38.2 Å². The zero-order valence-corrected chi connectivity index (χ0v) is 15.1. The number of likely N-dealkylation sites (tertiary alicyclic amines) is 1. The Balaban J connectivity index is 1.62. The summed E-state index contributed by atoms with van der Waals surface area (Å²) >= 11 is 0. The van der Waals surface area contributed by atoms with Gasteiger partial charge in [0, 0.05) is 32.8 Å². The van der Waals surface area contributed by atoms with Crippen molar-refractivity contribution in [1.29, 1.82) is 0 Å². The highest BCUT2D eigenvalue weighted by atomic mass is 19.1. The van der Waals surface area contributed by atoms with Gasteiger partial charge in [0.05, 0.1) is 5.41 Å². The molecule has 1 N–H and O–H groups in total. The van der Waals surface area contributed by atoms with Gasteiger partial charge in [0.2, 0.25) is 5.91 Å². The number of benzene rings is 1. The third-order valence-electron chi connectivity index (χ3n) is 5.63. The van der Waals surface area contributed by atoms with E-state index in [9.17, 15) is 9.18 Å². The Hall–Kier alpha value is -1.46. The van der Waals surface area contributed by atoms with E-state index in [1.807, 2.05) is 0 Å². The SMILES string of the molecule is C[C@@H]1CCCN(CCNC(=O)C2(c3ccc(F)cc3)CCOCC2)C1. The van der Waals surface area contributed by atoms with Gasteiger partial charge < -0.3 is 15.0 Å². The first-order valence-corrected chi connectivity index (χ1v) is 9.45. The molecule has 138 valence electrons. The number of ether oxygens (including phenoxy) is 1. The van der Waals surface area contributed by atoms with Gasteiger partial charge in [0.15, 0.2) is 0 Å². The zero-order valence-electron chi connectivity index (χ0n) is 15.1. The lowest BCUT2D eigenvalue weighted by molar-refractivity contribution is -0.130. The van der Waals surface area contributed by atoms with Crippen molar-refractivity contribution in [2.24, 2.45) is 5.92 Å². The van der Waals surface area contributed by atoms with Crippen LogP contribution in [0.15, 0.2) is 24.3 Å².